The number of aromatic nitrogens is 3. The summed E-state index contributed by atoms with van der Waals surface area (Å²) in [6.45, 7) is 5.13. The molecule has 4 nitrogen and oxygen atoms in total. The van der Waals surface area contributed by atoms with Crippen LogP contribution >= 0.6 is 11.5 Å². The summed E-state index contributed by atoms with van der Waals surface area (Å²) in [4.78, 5) is 4.55. The molecule has 0 aliphatic heterocycles. The fourth-order valence-electron chi connectivity index (χ4n) is 2.40. The lowest BCUT2D eigenvalue weighted by molar-refractivity contribution is 0.585. The van der Waals surface area contributed by atoms with E-state index in [1.807, 2.05) is 18.4 Å². The summed E-state index contributed by atoms with van der Waals surface area (Å²) in [5.41, 5.74) is 4.26. The highest BCUT2D eigenvalue weighted by Crippen LogP contribution is 2.24. The molecule has 0 radical (unpaired) electrons. The molecule has 0 saturated carbocycles. The summed E-state index contributed by atoms with van der Waals surface area (Å²) in [7, 11) is 0. The van der Waals surface area contributed by atoms with Gasteiger partial charge in [-0.05, 0) is 55.2 Å². The molecule has 0 bridgehead atoms. The van der Waals surface area contributed by atoms with Crippen molar-refractivity contribution in [1.82, 2.24) is 19.9 Å². The molecule has 0 aliphatic rings. The van der Waals surface area contributed by atoms with Crippen molar-refractivity contribution >= 4 is 22.4 Å². The van der Waals surface area contributed by atoms with Crippen LogP contribution in [0.1, 0.15) is 36.3 Å². The van der Waals surface area contributed by atoms with Crippen LogP contribution < -0.4 is 5.32 Å². The molecule has 2 heterocycles. The number of pyridine rings is 1. The smallest absolute Gasteiger partial charge is 0.0970 e. The van der Waals surface area contributed by atoms with Crippen LogP contribution in [0.15, 0.2) is 35.7 Å². The molecule has 1 unspecified atom stereocenters. The van der Waals surface area contributed by atoms with Crippen LogP contribution in [0, 0.1) is 6.92 Å². The van der Waals surface area contributed by atoms with Gasteiger partial charge in [0.1, 0.15) is 0 Å². The molecule has 0 saturated heterocycles. The van der Waals surface area contributed by atoms with E-state index in [9.17, 15) is 0 Å². The van der Waals surface area contributed by atoms with E-state index in [0.29, 0.717) is 0 Å². The Morgan fingerprint density at radius 1 is 1.24 bits per heavy atom. The predicted molar refractivity (Wildman–Crippen MR) is 86.5 cm³/mol. The van der Waals surface area contributed by atoms with Crippen molar-refractivity contribution < 1.29 is 0 Å². The summed E-state index contributed by atoms with van der Waals surface area (Å²) < 4.78 is 3.99. The third-order valence-electron chi connectivity index (χ3n) is 3.46. The minimum absolute atomic E-state index is 0.0920. The number of nitrogens with zero attached hydrogens (tertiary/aromatic N) is 3. The Hall–Kier alpha value is -1.85. The van der Waals surface area contributed by atoms with Gasteiger partial charge in [-0.15, -0.1) is 5.10 Å². The van der Waals surface area contributed by atoms with Gasteiger partial charge in [0, 0.05) is 16.5 Å². The first kappa shape index (κ1) is 14.1. The molecular formula is C16H18N4S. The minimum Gasteiger partial charge on any atom is -0.305 e. The molecule has 0 aliphatic carbocycles. The third-order valence-corrected chi connectivity index (χ3v) is 3.98. The van der Waals surface area contributed by atoms with Gasteiger partial charge in [0.15, 0.2) is 0 Å². The zero-order valence-electron chi connectivity index (χ0n) is 12.2. The molecule has 21 heavy (non-hydrogen) atoms. The maximum Gasteiger partial charge on any atom is 0.0970 e. The second-order valence-corrected chi connectivity index (χ2v) is 5.73. The Morgan fingerprint density at radius 2 is 2.14 bits per heavy atom. The van der Waals surface area contributed by atoms with E-state index in [1.54, 1.807) is 0 Å². The lowest BCUT2D eigenvalue weighted by atomic mass is 10.0. The zero-order chi connectivity index (χ0) is 14.7. The van der Waals surface area contributed by atoms with E-state index in [1.165, 1.54) is 17.1 Å². The lowest BCUT2D eigenvalue weighted by Gasteiger charge is -2.17. The van der Waals surface area contributed by atoms with Gasteiger partial charge in [0.2, 0.25) is 0 Å². The van der Waals surface area contributed by atoms with Crippen LogP contribution in [-0.4, -0.2) is 21.1 Å². The highest BCUT2D eigenvalue weighted by Gasteiger charge is 2.16. The maximum atomic E-state index is 4.55. The molecule has 2 aromatic heterocycles. The molecule has 0 amide bonds. The lowest BCUT2D eigenvalue weighted by Crippen LogP contribution is -2.23. The topological polar surface area (TPSA) is 50.7 Å². The van der Waals surface area contributed by atoms with Gasteiger partial charge >= 0.3 is 0 Å². The van der Waals surface area contributed by atoms with Crippen LogP contribution in [-0.2, 0) is 0 Å². The van der Waals surface area contributed by atoms with Crippen LogP contribution in [0.3, 0.4) is 0 Å². The molecule has 3 aromatic rings. The minimum atomic E-state index is 0.0920. The standard InChI is InChI=1S/C16H18N4S/c1-3-8-17-16(15-10-21-20-19-15)13-6-7-14-12(9-13)5-4-11(2)18-14/h4-7,9-10,16-17H,3,8H2,1-2H3. The van der Waals surface area contributed by atoms with Crippen molar-refractivity contribution in [1.29, 1.82) is 0 Å². The van der Waals surface area contributed by atoms with Gasteiger partial charge in [-0.3, -0.25) is 4.98 Å². The Balaban J connectivity index is 2.00. The quantitative estimate of drug-likeness (QED) is 0.783. The largest absolute Gasteiger partial charge is 0.305 e. The average molecular weight is 298 g/mol. The van der Waals surface area contributed by atoms with E-state index in [-0.39, 0.29) is 6.04 Å². The molecule has 1 N–H and O–H groups in total. The Bertz CT molecular complexity index is 724. The van der Waals surface area contributed by atoms with E-state index in [4.69, 9.17) is 0 Å². The normalized spacial score (nSPS) is 12.7. The van der Waals surface area contributed by atoms with E-state index >= 15 is 0 Å². The first-order chi connectivity index (χ1) is 10.3. The monoisotopic (exact) mass is 298 g/mol. The van der Waals surface area contributed by atoms with Crippen molar-refractivity contribution in [3.63, 3.8) is 0 Å². The Labute approximate surface area is 128 Å². The van der Waals surface area contributed by atoms with Gasteiger partial charge in [-0.2, -0.15) is 0 Å². The summed E-state index contributed by atoms with van der Waals surface area (Å²) in [6.07, 6.45) is 1.09. The fourth-order valence-corrected chi connectivity index (χ4v) is 2.88. The first-order valence-electron chi connectivity index (χ1n) is 7.15. The number of hydrogen-bond donors (Lipinski definition) is 1. The van der Waals surface area contributed by atoms with Gasteiger partial charge in [-0.25, -0.2) is 0 Å². The number of rotatable bonds is 5. The number of hydrogen-bond acceptors (Lipinski definition) is 5. The van der Waals surface area contributed by atoms with Gasteiger partial charge in [0.05, 0.1) is 17.3 Å². The number of nitrogens with one attached hydrogen (secondary N) is 1. The van der Waals surface area contributed by atoms with Crippen molar-refractivity contribution in [2.75, 3.05) is 6.54 Å². The van der Waals surface area contributed by atoms with Crippen molar-refractivity contribution in [2.45, 2.75) is 26.3 Å². The van der Waals surface area contributed by atoms with Crippen LogP contribution in [0.4, 0.5) is 0 Å². The Kier molecular flexibility index (Phi) is 4.22. The molecule has 108 valence electrons. The Morgan fingerprint density at radius 3 is 2.90 bits per heavy atom. The second-order valence-electron chi connectivity index (χ2n) is 5.12. The third kappa shape index (κ3) is 3.09. The summed E-state index contributed by atoms with van der Waals surface area (Å²) >= 11 is 1.39. The van der Waals surface area contributed by atoms with Crippen molar-refractivity contribution in [3.8, 4) is 0 Å². The van der Waals surface area contributed by atoms with Gasteiger partial charge in [0.25, 0.3) is 0 Å². The van der Waals surface area contributed by atoms with Crippen LogP contribution in [0.5, 0.6) is 0 Å². The predicted octanol–water partition coefficient (Wildman–Crippen LogP) is 3.48. The SMILES string of the molecule is CCCNC(c1ccc2nc(C)ccc2c1)c1csnn1. The number of benzene rings is 1. The molecule has 0 spiro atoms. The second kappa shape index (κ2) is 6.28. The molecule has 1 atom stereocenters. The fraction of sp³-hybridized carbons (Fsp3) is 0.312. The van der Waals surface area contributed by atoms with Gasteiger partial charge < -0.3 is 5.32 Å². The summed E-state index contributed by atoms with van der Waals surface area (Å²) in [5, 5.41) is 10.9. The van der Waals surface area contributed by atoms with E-state index in [2.05, 4.69) is 51.1 Å². The average Bonchev–Trinajstić information content (AvgIpc) is 3.02. The number of aryl methyl sites for hydroxylation is 1. The zero-order valence-corrected chi connectivity index (χ0v) is 13.0. The molecule has 3 rings (SSSR count). The van der Waals surface area contributed by atoms with E-state index < -0.39 is 0 Å². The van der Waals surface area contributed by atoms with Crippen molar-refractivity contribution in [2.24, 2.45) is 0 Å². The number of fused-ring (bicyclic) bond motifs is 1. The van der Waals surface area contributed by atoms with Gasteiger partial charge in [-0.1, -0.05) is 23.5 Å². The van der Waals surface area contributed by atoms with Crippen LogP contribution in [0.25, 0.3) is 10.9 Å². The summed E-state index contributed by atoms with van der Waals surface area (Å²) in [6, 6.07) is 10.7. The molecule has 5 heteroatoms. The van der Waals surface area contributed by atoms with E-state index in [0.717, 1.165) is 35.3 Å². The highest BCUT2D eigenvalue weighted by atomic mass is 32.1. The molecule has 0 fully saturated rings. The summed E-state index contributed by atoms with van der Waals surface area (Å²) in [5.74, 6) is 0. The molecular weight excluding hydrogens is 280 g/mol. The highest BCUT2D eigenvalue weighted by molar-refractivity contribution is 7.03. The molecule has 1 aromatic carbocycles. The first-order valence-corrected chi connectivity index (χ1v) is 7.99. The van der Waals surface area contributed by atoms with Crippen molar-refractivity contribution in [3.05, 3.63) is 52.7 Å². The van der Waals surface area contributed by atoms with Crippen LogP contribution in [0.2, 0.25) is 0 Å². The maximum absolute atomic E-state index is 4.55.